The standard InChI is InChI=1S/C10H29NO2Si3.4CH4/c1-14(2,3)12-16(7,10-8-9-11)13-15(4,5)6;;;;/h8-11H2,1-7H3;4*1H4. The Morgan fingerprint density at radius 3 is 1.20 bits per heavy atom. The summed E-state index contributed by atoms with van der Waals surface area (Å²) in [6, 6.07) is 1.03. The zero-order valence-corrected chi connectivity index (χ0v) is 15.0. The molecule has 0 radical (unpaired) electrons. The fraction of sp³-hybridized carbons (Fsp3) is 1.00. The van der Waals surface area contributed by atoms with E-state index in [2.05, 4.69) is 45.8 Å². The molecule has 0 aliphatic heterocycles. The molecule has 0 aromatic rings. The van der Waals surface area contributed by atoms with Crippen molar-refractivity contribution < 1.29 is 8.23 Å². The highest BCUT2D eigenvalue weighted by Gasteiger charge is 2.39. The van der Waals surface area contributed by atoms with Crippen molar-refractivity contribution in [2.45, 2.75) is 88.0 Å². The molecule has 0 heterocycles. The largest absolute Gasteiger partial charge is 0.437 e. The second kappa shape index (κ2) is 12.1. The van der Waals surface area contributed by atoms with Gasteiger partial charge < -0.3 is 14.0 Å². The van der Waals surface area contributed by atoms with E-state index in [0.29, 0.717) is 0 Å². The van der Waals surface area contributed by atoms with Gasteiger partial charge in [-0.15, -0.1) is 0 Å². The molecule has 130 valence electrons. The third kappa shape index (κ3) is 18.5. The van der Waals surface area contributed by atoms with E-state index >= 15 is 0 Å². The molecular formula is C14H45NO2Si3. The first kappa shape index (κ1) is 32.5. The van der Waals surface area contributed by atoms with E-state index in [4.69, 9.17) is 14.0 Å². The number of rotatable bonds is 7. The number of hydrogen-bond donors (Lipinski definition) is 1. The van der Waals surface area contributed by atoms with Gasteiger partial charge in [-0.25, -0.2) is 0 Å². The fourth-order valence-electron chi connectivity index (χ4n) is 1.84. The van der Waals surface area contributed by atoms with Crippen LogP contribution in [0, 0.1) is 0 Å². The van der Waals surface area contributed by atoms with E-state index in [0.717, 1.165) is 19.0 Å². The average molecular weight is 344 g/mol. The minimum Gasteiger partial charge on any atom is -0.437 e. The maximum Gasteiger partial charge on any atom is 0.314 e. The van der Waals surface area contributed by atoms with Gasteiger partial charge in [-0.05, 0) is 64.8 Å². The van der Waals surface area contributed by atoms with Crippen molar-refractivity contribution in [2.75, 3.05) is 6.54 Å². The van der Waals surface area contributed by atoms with Crippen LogP contribution in [0.4, 0.5) is 0 Å². The van der Waals surface area contributed by atoms with E-state index < -0.39 is 25.2 Å². The first-order chi connectivity index (χ1) is 6.97. The molecule has 0 amide bonds. The van der Waals surface area contributed by atoms with Gasteiger partial charge in [-0.1, -0.05) is 29.7 Å². The molecule has 0 saturated heterocycles. The highest BCUT2D eigenvalue weighted by atomic mass is 28.5. The van der Waals surface area contributed by atoms with Gasteiger partial charge in [0.15, 0.2) is 16.6 Å². The van der Waals surface area contributed by atoms with Crippen molar-refractivity contribution in [3.05, 3.63) is 0 Å². The third-order valence-corrected chi connectivity index (χ3v) is 11.5. The molecule has 0 aliphatic rings. The fourth-order valence-corrected chi connectivity index (χ4v) is 14.4. The molecule has 0 spiro atoms. The normalized spacial score (nSPS) is 11.4. The van der Waals surface area contributed by atoms with E-state index in [1.54, 1.807) is 0 Å². The summed E-state index contributed by atoms with van der Waals surface area (Å²) in [4.78, 5) is 0. The van der Waals surface area contributed by atoms with Gasteiger partial charge >= 0.3 is 8.56 Å². The summed E-state index contributed by atoms with van der Waals surface area (Å²) >= 11 is 0. The minimum atomic E-state index is -2.00. The summed E-state index contributed by atoms with van der Waals surface area (Å²) in [6.07, 6.45) is 1.01. The van der Waals surface area contributed by atoms with Crippen molar-refractivity contribution in [1.82, 2.24) is 0 Å². The Hall–Kier alpha value is 0.531. The van der Waals surface area contributed by atoms with Crippen LogP contribution in [0.15, 0.2) is 0 Å². The van der Waals surface area contributed by atoms with Crippen molar-refractivity contribution >= 4 is 25.2 Å². The zero-order chi connectivity index (χ0) is 13.0. The molecule has 0 unspecified atom stereocenters. The number of nitrogens with two attached hydrogens (primary N) is 1. The van der Waals surface area contributed by atoms with Crippen molar-refractivity contribution in [3.63, 3.8) is 0 Å². The summed E-state index contributed by atoms with van der Waals surface area (Å²) < 4.78 is 12.7. The molecular weight excluding hydrogens is 298 g/mol. The van der Waals surface area contributed by atoms with E-state index in [1.165, 1.54) is 0 Å². The summed E-state index contributed by atoms with van der Waals surface area (Å²) in [7, 11) is -5.05. The molecule has 0 fully saturated rings. The van der Waals surface area contributed by atoms with E-state index in [-0.39, 0.29) is 29.7 Å². The predicted molar refractivity (Wildman–Crippen MR) is 106 cm³/mol. The van der Waals surface area contributed by atoms with Crippen LogP contribution in [0.1, 0.15) is 36.1 Å². The van der Waals surface area contributed by atoms with Crippen LogP contribution in [0.3, 0.4) is 0 Å². The number of hydrogen-bond acceptors (Lipinski definition) is 3. The highest BCUT2D eigenvalue weighted by molar-refractivity contribution is 6.87. The van der Waals surface area contributed by atoms with Crippen molar-refractivity contribution in [1.29, 1.82) is 0 Å². The summed E-state index contributed by atoms with van der Waals surface area (Å²) in [6.45, 7) is 16.3. The monoisotopic (exact) mass is 343 g/mol. The van der Waals surface area contributed by atoms with Gasteiger partial charge in [-0.2, -0.15) is 0 Å². The molecule has 0 rings (SSSR count). The van der Waals surface area contributed by atoms with Crippen LogP contribution in [-0.2, 0) is 8.23 Å². The molecule has 0 aromatic carbocycles. The van der Waals surface area contributed by atoms with Gasteiger partial charge in [0, 0.05) is 0 Å². The molecule has 3 nitrogen and oxygen atoms in total. The summed E-state index contributed by atoms with van der Waals surface area (Å²) in [5.41, 5.74) is 5.60. The van der Waals surface area contributed by atoms with Crippen LogP contribution in [-0.4, -0.2) is 31.7 Å². The first-order valence-electron chi connectivity index (χ1n) is 6.08. The van der Waals surface area contributed by atoms with E-state index in [9.17, 15) is 0 Å². The van der Waals surface area contributed by atoms with Crippen LogP contribution in [0.25, 0.3) is 0 Å². The van der Waals surface area contributed by atoms with Crippen LogP contribution >= 0.6 is 0 Å². The van der Waals surface area contributed by atoms with Gasteiger partial charge in [-0.3, -0.25) is 0 Å². The van der Waals surface area contributed by atoms with E-state index in [1.807, 2.05) is 0 Å². The average Bonchev–Trinajstić information content (AvgIpc) is 1.93. The molecule has 2 N–H and O–H groups in total. The lowest BCUT2D eigenvalue weighted by Crippen LogP contribution is -2.52. The third-order valence-electron chi connectivity index (χ3n) is 1.88. The van der Waals surface area contributed by atoms with Gasteiger partial charge in [0.05, 0.1) is 0 Å². The minimum absolute atomic E-state index is 0. The summed E-state index contributed by atoms with van der Waals surface area (Å²) in [5.74, 6) is 0. The van der Waals surface area contributed by atoms with Gasteiger partial charge in [0.25, 0.3) is 0 Å². The lowest BCUT2D eigenvalue weighted by molar-refractivity contribution is 0.382. The summed E-state index contributed by atoms with van der Waals surface area (Å²) in [5, 5.41) is 0. The van der Waals surface area contributed by atoms with Crippen LogP contribution < -0.4 is 5.73 Å². The maximum atomic E-state index is 6.34. The predicted octanol–water partition coefficient (Wildman–Crippen LogP) is 5.65. The molecule has 0 atom stereocenters. The lowest BCUT2D eigenvalue weighted by atomic mass is 10.5. The Kier molecular flexibility index (Phi) is 19.7. The topological polar surface area (TPSA) is 44.5 Å². The van der Waals surface area contributed by atoms with Crippen LogP contribution in [0.5, 0.6) is 0 Å². The Morgan fingerprint density at radius 2 is 1.00 bits per heavy atom. The van der Waals surface area contributed by atoms with Crippen molar-refractivity contribution in [2.24, 2.45) is 5.73 Å². The maximum absolute atomic E-state index is 6.34. The van der Waals surface area contributed by atoms with Gasteiger partial charge in [0.2, 0.25) is 0 Å². The second-order valence-electron chi connectivity index (χ2n) is 6.45. The highest BCUT2D eigenvalue weighted by Crippen LogP contribution is 2.24. The Balaban J connectivity index is -0.000000187. The van der Waals surface area contributed by atoms with Gasteiger partial charge in [0.1, 0.15) is 0 Å². The SMILES string of the molecule is C.C.C.C.C[Si](C)(C)O[Si](C)(CCCN)O[Si](C)(C)C. The van der Waals surface area contributed by atoms with Crippen molar-refractivity contribution in [3.8, 4) is 0 Å². The van der Waals surface area contributed by atoms with Crippen LogP contribution in [0.2, 0.25) is 51.9 Å². The zero-order valence-electron chi connectivity index (χ0n) is 12.0. The molecule has 0 saturated carbocycles. The first-order valence-corrected chi connectivity index (χ1v) is 15.4. The molecule has 0 aliphatic carbocycles. The Bertz CT molecular complexity index is 197. The molecule has 20 heavy (non-hydrogen) atoms. The Morgan fingerprint density at radius 1 is 0.700 bits per heavy atom. The molecule has 6 heteroatoms. The smallest absolute Gasteiger partial charge is 0.314 e. The quantitative estimate of drug-likeness (QED) is 0.607. The molecule has 0 bridgehead atoms. The molecule has 0 aromatic heterocycles. The second-order valence-corrected chi connectivity index (χ2v) is 19.3. The lowest BCUT2D eigenvalue weighted by Gasteiger charge is -2.38. The Labute approximate surface area is 134 Å².